The summed E-state index contributed by atoms with van der Waals surface area (Å²) in [5.74, 6) is -0.164. The topological polar surface area (TPSA) is 56.9 Å². The Bertz CT molecular complexity index is 427. The smallest absolute Gasteiger partial charge is 0.259 e. The number of halogens is 1. The lowest BCUT2D eigenvalue weighted by molar-refractivity contribution is 0.0539. The monoisotopic (exact) mass is 286 g/mol. The van der Waals surface area contributed by atoms with Crippen molar-refractivity contribution in [2.24, 2.45) is 0 Å². The maximum absolute atomic E-state index is 12.5. The second-order valence-corrected chi connectivity index (χ2v) is 5.21. The van der Waals surface area contributed by atoms with Crippen LogP contribution in [0.5, 0.6) is 0 Å². The van der Waals surface area contributed by atoms with E-state index in [1.165, 1.54) is 6.26 Å². The van der Waals surface area contributed by atoms with E-state index in [0.29, 0.717) is 12.1 Å². The summed E-state index contributed by atoms with van der Waals surface area (Å²) in [6, 6.07) is 1.73. The van der Waals surface area contributed by atoms with E-state index in [-0.39, 0.29) is 23.8 Å². The average molecular weight is 287 g/mol. The third-order valence-corrected chi connectivity index (χ3v) is 3.87. The van der Waals surface area contributed by atoms with Gasteiger partial charge in [0.25, 0.3) is 5.91 Å². The predicted molar refractivity (Wildman–Crippen MR) is 72.4 cm³/mol. The lowest BCUT2D eigenvalue weighted by Gasteiger charge is -2.37. The van der Waals surface area contributed by atoms with Crippen LogP contribution in [0.1, 0.15) is 23.2 Å². The zero-order chi connectivity index (χ0) is 13.8. The molecule has 0 aromatic carbocycles. The molecule has 0 radical (unpaired) electrons. The van der Waals surface area contributed by atoms with Crippen LogP contribution in [0.4, 0.5) is 0 Å². The summed E-state index contributed by atoms with van der Waals surface area (Å²) < 4.78 is 4.97. The molecule has 0 spiro atoms. The number of nitrogens with zero attached hydrogens (tertiary/aromatic N) is 2. The van der Waals surface area contributed by atoms with Gasteiger partial charge in [0.1, 0.15) is 0 Å². The van der Waals surface area contributed by atoms with Gasteiger partial charge in [-0.1, -0.05) is 0 Å². The first-order valence-corrected chi connectivity index (χ1v) is 6.84. The number of carbonyl (C=O) groups is 1. The zero-order valence-corrected chi connectivity index (χ0v) is 11.8. The number of aliphatic hydroxyl groups is 1. The Hall–Kier alpha value is -1.04. The Morgan fingerprint density at radius 1 is 1.58 bits per heavy atom. The number of amides is 1. The minimum atomic E-state index is -0.164. The molecule has 1 aromatic rings. The molecule has 1 amide bonds. The number of rotatable bonds is 4. The maximum Gasteiger partial charge on any atom is 0.259 e. The van der Waals surface area contributed by atoms with Crippen LogP contribution in [-0.2, 0) is 0 Å². The Kier molecular flexibility index (Phi) is 4.85. The van der Waals surface area contributed by atoms with Crippen LogP contribution in [-0.4, -0.2) is 60.1 Å². The first-order chi connectivity index (χ1) is 9.13. The van der Waals surface area contributed by atoms with Gasteiger partial charge in [-0.05, 0) is 50.6 Å². The normalized spacial score (nSPS) is 17.6. The quantitative estimate of drug-likeness (QED) is 0.910. The summed E-state index contributed by atoms with van der Waals surface area (Å²) in [6.45, 7) is 2.19. The summed E-state index contributed by atoms with van der Waals surface area (Å²) in [7, 11) is 2.07. The van der Waals surface area contributed by atoms with Crippen molar-refractivity contribution in [2.75, 3.05) is 33.3 Å². The molecule has 0 unspecified atom stereocenters. The van der Waals surface area contributed by atoms with E-state index in [0.717, 1.165) is 25.9 Å². The van der Waals surface area contributed by atoms with E-state index in [1.54, 1.807) is 11.0 Å². The molecule has 1 aromatic heterocycles. The third kappa shape index (κ3) is 3.29. The maximum atomic E-state index is 12.5. The number of likely N-dealkylation sites (tertiary alicyclic amines) is 1. The van der Waals surface area contributed by atoms with Crippen molar-refractivity contribution in [1.29, 1.82) is 0 Å². The number of furan rings is 1. The molecular formula is C13H19ClN2O3. The van der Waals surface area contributed by atoms with E-state index in [9.17, 15) is 9.90 Å². The molecule has 6 heteroatoms. The molecule has 1 N–H and O–H groups in total. The zero-order valence-electron chi connectivity index (χ0n) is 11.0. The van der Waals surface area contributed by atoms with E-state index < -0.39 is 0 Å². The number of piperidine rings is 1. The molecule has 0 atom stereocenters. The average Bonchev–Trinajstić information content (AvgIpc) is 2.83. The van der Waals surface area contributed by atoms with Crippen molar-refractivity contribution in [1.82, 2.24) is 9.80 Å². The SMILES string of the molecule is CN1CCC(N(CCO)C(=O)c2ccoc2Cl)CC1. The first kappa shape index (κ1) is 14.4. The Morgan fingerprint density at radius 2 is 2.26 bits per heavy atom. The Morgan fingerprint density at radius 3 is 2.79 bits per heavy atom. The number of aliphatic hydroxyl groups excluding tert-OH is 1. The summed E-state index contributed by atoms with van der Waals surface area (Å²) in [5.41, 5.74) is 0.369. The van der Waals surface area contributed by atoms with Crippen molar-refractivity contribution in [3.05, 3.63) is 23.1 Å². The van der Waals surface area contributed by atoms with Gasteiger partial charge in [-0.25, -0.2) is 0 Å². The number of carbonyl (C=O) groups excluding carboxylic acids is 1. The summed E-state index contributed by atoms with van der Waals surface area (Å²) in [4.78, 5) is 16.4. The third-order valence-electron chi connectivity index (χ3n) is 3.58. The fourth-order valence-electron chi connectivity index (χ4n) is 2.47. The van der Waals surface area contributed by atoms with Crippen LogP contribution in [0.15, 0.2) is 16.7 Å². The molecule has 2 heterocycles. The number of hydrogen-bond acceptors (Lipinski definition) is 4. The minimum Gasteiger partial charge on any atom is -0.452 e. The van der Waals surface area contributed by atoms with Crippen molar-refractivity contribution < 1.29 is 14.3 Å². The highest BCUT2D eigenvalue weighted by Gasteiger charge is 2.29. The molecule has 1 saturated heterocycles. The fraction of sp³-hybridized carbons (Fsp3) is 0.615. The van der Waals surface area contributed by atoms with Gasteiger partial charge in [0.2, 0.25) is 5.22 Å². The van der Waals surface area contributed by atoms with Gasteiger partial charge in [0.15, 0.2) is 0 Å². The van der Waals surface area contributed by atoms with Crippen LogP contribution in [0.2, 0.25) is 5.22 Å². The van der Waals surface area contributed by atoms with E-state index >= 15 is 0 Å². The lowest BCUT2D eigenvalue weighted by Crippen LogP contribution is -2.47. The largest absolute Gasteiger partial charge is 0.452 e. The highest BCUT2D eigenvalue weighted by atomic mass is 35.5. The van der Waals surface area contributed by atoms with E-state index in [4.69, 9.17) is 16.0 Å². The highest BCUT2D eigenvalue weighted by Crippen LogP contribution is 2.22. The first-order valence-electron chi connectivity index (χ1n) is 6.47. The van der Waals surface area contributed by atoms with Crippen LogP contribution in [0.3, 0.4) is 0 Å². The highest BCUT2D eigenvalue weighted by molar-refractivity contribution is 6.32. The molecule has 5 nitrogen and oxygen atoms in total. The molecule has 1 aliphatic heterocycles. The molecule has 106 valence electrons. The summed E-state index contributed by atoms with van der Waals surface area (Å²) in [6.07, 6.45) is 3.23. The second kappa shape index (κ2) is 6.41. The Labute approximate surface area is 117 Å². The van der Waals surface area contributed by atoms with E-state index in [1.807, 2.05) is 0 Å². The van der Waals surface area contributed by atoms with Gasteiger partial charge >= 0.3 is 0 Å². The van der Waals surface area contributed by atoms with Crippen molar-refractivity contribution in [3.8, 4) is 0 Å². The standard InChI is InChI=1S/C13H19ClN2O3/c1-15-5-2-10(3-6-15)16(7-8-17)13(18)11-4-9-19-12(11)14/h4,9-10,17H,2-3,5-8H2,1H3. The summed E-state index contributed by atoms with van der Waals surface area (Å²) >= 11 is 5.86. The lowest BCUT2D eigenvalue weighted by atomic mass is 10.0. The predicted octanol–water partition coefficient (Wildman–Crippen LogP) is 1.46. The van der Waals surface area contributed by atoms with Crippen LogP contribution < -0.4 is 0 Å². The van der Waals surface area contributed by atoms with Crippen LogP contribution in [0.25, 0.3) is 0 Å². The molecule has 1 aliphatic rings. The molecule has 1 fully saturated rings. The Balaban J connectivity index is 2.11. The minimum absolute atomic E-state index is 0.0481. The second-order valence-electron chi connectivity index (χ2n) is 4.86. The van der Waals surface area contributed by atoms with Gasteiger partial charge in [-0.2, -0.15) is 0 Å². The molecule has 19 heavy (non-hydrogen) atoms. The fourth-order valence-corrected chi connectivity index (χ4v) is 2.66. The van der Waals surface area contributed by atoms with Gasteiger partial charge < -0.3 is 19.3 Å². The van der Waals surface area contributed by atoms with Gasteiger partial charge in [-0.15, -0.1) is 0 Å². The van der Waals surface area contributed by atoms with Gasteiger partial charge in [0, 0.05) is 12.6 Å². The van der Waals surface area contributed by atoms with Crippen molar-refractivity contribution >= 4 is 17.5 Å². The van der Waals surface area contributed by atoms with E-state index in [2.05, 4.69) is 11.9 Å². The molecule has 0 aliphatic carbocycles. The molecule has 0 bridgehead atoms. The van der Waals surface area contributed by atoms with Crippen molar-refractivity contribution in [2.45, 2.75) is 18.9 Å². The van der Waals surface area contributed by atoms with Gasteiger partial charge in [-0.3, -0.25) is 4.79 Å². The van der Waals surface area contributed by atoms with Crippen molar-refractivity contribution in [3.63, 3.8) is 0 Å². The van der Waals surface area contributed by atoms with Crippen LogP contribution in [0, 0.1) is 0 Å². The molecule has 0 saturated carbocycles. The molecule has 2 rings (SSSR count). The molecular weight excluding hydrogens is 268 g/mol. The van der Waals surface area contributed by atoms with Crippen LogP contribution >= 0.6 is 11.6 Å². The summed E-state index contributed by atoms with van der Waals surface area (Å²) in [5, 5.41) is 9.29. The van der Waals surface area contributed by atoms with Gasteiger partial charge in [0.05, 0.1) is 18.4 Å². The number of hydrogen-bond donors (Lipinski definition) is 1.